The van der Waals surface area contributed by atoms with E-state index in [0.717, 1.165) is 77.4 Å². The predicted octanol–water partition coefficient (Wildman–Crippen LogP) is 9.98. The first-order chi connectivity index (χ1) is 24.2. The van der Waals surface area contributed by atoms with Gasteiger partial charge < -0.3 is 14.9 Å². The molecular formula is C42H35N2O6S+. The van der Waals surface area contributed by atoms with E-state index in [1.165, 1.54) is 12.1 Å². The maximum Gasteiger partial charge on any atom is 0.367 e. The van der Waals surface area contributed by atoms with Crippen LogP contribution in [0.3, 0.4) is 0 Å². The lowest BCUT2D eigenvalue weighted by Gasteiger charge is -2.23. The Morgan fingerprint density at radius 1 is 0.627 bits per heavy atom. The maximum absolute atomic E-state index is 11.8. The molecule has 3 heterocycles. The fourth-order valence-electron chi connectivity index (χ4n) is 8.54. The monoisotopic (exact) mass is 695 g/mol. The molecule has 0 radical (unpaired) electrons. The van der Waals surface area contributed by atoms with E-state index in [-0.39, 0.29) is 21.3 Å². The van der Waals surface area contributed by atoms with Crippen molar-refractivity contribution in [2.45, 2.75) is 43.4 Å². The molecule has 2 aliphatic rings. The Balaban J connectivity index is 1.37. The molecule has 7 aromatic rings. The lowest BCUT2D eigenvalue weighted by atomic mass is 9.82. The molecular weight excluding hydrogens is 661 g/mol. The van der Waals surface area contributed by atoms with Crippen LogP contribution in [0.1, 0.15) is 49.2 Å². The van der Waals surface area contributed by atoms with Crippen LogP contribution >= 0.6 is 0 Å². The summed E-state index contributed by atoms with van der Waals surface area (Å²) in [5.41, 5.74) is 7.21. The summed E-state index contributed by atoms with van der Waals surface area (Å²) in [5, 5.41) is 15.9. The van der Waals surface area contributed by atoms with E-state index in [0.29, 0.717) is 13.1 Å². The Hall–Kier alpha value is -5.51. The SMILES string of the molecule is CC1(C)CN(c2ccc(C(=O)O)cc2)c2c1c1[o+]c3c4c(c5ccccc5c3cc1c1ccccc21)N(c1ccc(S(=O)(=O)O)cc1)CC4(C)C. The van der Waals surface area contributed by atoms with Gasteiger partial charge >= 0.3 is 17.1 Å². The van der Waals surface area contributed by atoms with Gasteiger partial charge in [0.25, 0.3) is 10.1 Å². The standard InChI is InChI=1S/C42H34N2O6S/c1-41(2)22-43(25-15-13-24(14-16-25)40(45)46)36-30-11-7-5-9-28(30)32-21-33-29-10-6-8-12-31(29)37-35(39(33)50-38(32)34(36)41)42(3,4)23-44(37)26-17-19-27(20-18-26)51(47,48)49/h5-21H,22-23H2,1-4H3,(H-,45,46,47,48,49)/p+1. The van der Waals surface area contributed by atoms with Gasteiger partial charge in [-0.05, 0) is 54.6 Å². The van der Waals surface area contributed by atoms with E-state index in [9.17, 15) is 22.9 Å². The first-order valence-electron chi connectivity index (χ1n) is 16.9. The van der Waals surface area contributed by atoms with Crippen LogP contribution in [0.2, 0.25) is 0 Å². The maximum atomic E-state index is 11.8. The number of carbonyl (C=O) groups is 1. The third-order valence-electron chi connectivity index (χ3n) is 10.7. The zero-order chi connectivity index (χ0) is 35.6. The molecule has 0 fully saturated rings. The highest BCUT2D eigenvalue weighted by Crippen LogP contribution is 2.56. The van der Waals surface area contributed by atoms with Gasteiger partial charge in [-0.25, -0.2) is 9.21 Å². The number of benzene rings is 6. The Morgan fingerprint density at radius 2 is 1.04 bits per heavy atom. The highest BCUT2D eigenvalue weighted by atomic mass is 32.2. The average Bonchev–Trinajstić information content (AvgIpc) is 3.57. The van der Waals surface area contributed by atoms with Crippen molar-refractivity contribution in [3.63, 3.8) is 0 Å². The van der Waals surface area contributed by atoms with Crippen LogP contribution in [0, 0.1) is 0 Å². The highest BCUT2D eigenvalue weighted by molar-refractivity contribution is 7.85. The van der Waals surface area contributed by atoms with E-state index in [1.54, 1.807) is 24.3 Å². The van der Waals surface area contributed by atoms with Crippen molar-refractivity contribution in [3.8, 4) is 0 Å². The topological polar surface area (TPSA) is 109 Å². The summed E-state index contributed by atoms with van der Waals surface area (Å²) in [7, 11) is -4.33. The van der Waals surface area contributed by atoms with Gasteiger partial charge in [0.2, 0.25) is 0 Å². The smallest absolute Gasteiger partial charge is 0.367 e. The van der Waals surface area contributed by atoms with Crippen molar-refractivity contribution in [2.75, 3.05) is 22.9 Å². The number of carboxylic acid groups (broad SMARTS) is 1. The van der Waals surface area contributed by atoms with Gasteiger partial charge in [-0.2, -0.15) is 8.42 Å². The summed E-state index contributed by atoms with van der Waals surface area (Å²) in [6, 6.07) is 32.5. The Labute approximate surface area is 294 Å². The van der Waals surface area contributed by atoms with Crippen molar-refractivity contribution in [1.82, 2.24) is 0 Å². The lowest BCUT2D eigenvalue weighted by Crippen LogP contribution is -2.25. The zero-order valence-electron chi connectivity index (χ0n) is 28.6. The van der Waals surface area contributed by atoms with Crippen LogP contribution in [-0.2, 0) is 20.9 Å². The molecule has 9 rings (SSSR count). The summed E-state index contributed by atoms with van der Waals surface area (Å²) < 4.78 is 40.7. The molecule has 0 aliphatic carbocycles. The van der Waals surface area contributed by atoms with Gasteiger partial charge in [0.1, 0.15) is 0 Å². The van der Waals surface area contributed by atoms with E-state index in [2.05, 4.69) is 80.0 Å². The van der Waals surface area contributed by atoms with Gasteiger partial charge in [-0.1, -0.05) is 76.2 Å². The van der Waals surface area contributed by atoms with Gasteiger partial charge in [-0.3, -0.25) is 4.55 Å². The van der Waals surface area contributed by atoms with Crippen molar-refractivity contribution < 1.29 is 27.3 Å². The summed E-state index contributed by atoms with van der Waals surface area (Å²) in [4.78, 5) is 16.0. The molecule has 1 aromatic heterocycles. The van der Waals surface area contributed by atoms with Gasteiger partial charge in [0.15, 0.2) is 0 Å². The first-order valence-corrected chi connectivity index (χ1v) is 18.4. The van der Waals surface area contributed by atoms with Crippen LogP contribution in [0.4, 0.5) is 22.7 Å². The molecule has 254 valence electrons. The summed E-state index contributed by atoms with van der Waals surface area (Å²) in [5.74, 6) is -0.956. The molecule has 8 nitrogen and oxygen atoms in total. The van der Waals surface area contributed by atoms with Gasteiger partial charge in [0, 0.05) is 56.8 Å². The van der Waals surface area contributed by atoms with Crippen LogP contribution < -0.4 is 9.80 Å². The Bertz CT molecular complexity index is 2760. The molecule has 0 amide bonds. The Kier molecular flexibility index (Phi) is 6.48. The molecule has 0 unspecified atom stereocenters. The minimum atomic E-state index is -4.33. The molecule has 6 aromatic carbocycles. The molecule has 0 saturated carbocycles. The molecule has 0 atom stereocenters. The number of hydrogen-bond donors (Lipinski definition) is 2. The molecule has 0 bridgehead atoms. The lowest BCUT2D eigenvalue weighted by molar-refractivity contribution is 0.0697. The Morgan fingerprint density at radius 3 is 1.45 bits per heavy atom. The average molecular weight is 696 g/mol. The quantitative estimate of drug-likeness (QED) is 0.0811. The molecule has 2 N–H and O–H groups in total. The highest BCUT2D eigenvalue weighted by Gasteiger charge is 2.47. The third kappa shape index (κ3) is 4.58. The fourth-order valence-corrected chi connectivity index (χ4v) is 9.02. The summed E-state index contributed by atoms with van der Waals surface area (Å²) >= 11 is 0. The summed E-state index contributed by atoms with van der Waals surface area (Å²) in [6.45, 7) is 10.2. The number of nitrogens with zero attached hydrogens (tertiary/aromatic N) is 2. The second-order valence-corrected chi connectivity index (χ2v) is 16.5. The second kappa shape index (κ2) is 10.5. The largest absolute Gasteiger partial charge is 0.478 e. The van der Waals surface area contributed by atoms with Crippen LogP contribution in [-0.4, -0.2) is 37.1 Å². The minimum absolute atomic E-state index is 0.148. The molecule has 2 aliphatic heterocycles. The molecule has 9 heteroatoms. The first kappa shape index (κ1) is 31.5. The number of aromatic carboxylic acids is 1. The minimum Gasteiger partial charge on any atom is -0.478 e. The van der Waals surface area contributed by atoms with Crippen molar-refractivity contribution in [2.24, 2.45) is 0 Å². The number of rotatable bonds is 4. The molecule has 51 heavy (non-hydrogen) atoms. The van der Waals surface area contributed by atoms with Crippen molar-refractivity contribution in [3.05, 3.63) is 120 Å². The van der Waals surface area contributed by atoms with Gasteiger partial charge in [0.05, 0.1) is 43.7 Å². The van der Waals surface area contributed by atoms with Gasteiger partial charge in [-0.15, -0.1) is 0 Å². The van der Waals surface area contributed by atoms with Crippen molar-refractivity contribution >= 4 is 82.3 Å². The van der Waals surface area contributed by atoms with Crippen LogP contribution in [0.5, 0.6) is 0 Å². The zero-order valence-corrected chi connectivity index (χ0v) is 29.4. The summed E-state index contributed by atoms with van der Waals surface area (Å²) in [6.07, 6.45) is 0. The van der Waals surface area contributed by atoms with E-state index < -0.39 is 16.1 Å². The number of hydrogen-bond acceptors (Lipinski definition) is 5. The molecule has 0 saturated heterocycles. The van der Waals surface area contributed by atoms with Crippen LogP contribution in [0.25, 0.3) is 43.5 Å². The number of carboxylic acids is 1. The third-order valence-corrected chi connectivity index (χ3v) is 11.6. The predicted molar refractivity (Wildman–Crippen MR) is 203 cm³/mol. The number of anilines is 4. The van der Waals surface area contributed by atoms with E-state index in [4.69, 9.17) is 4.42 Å². The van der Waals surface area contributed by atoms with E-state index in [1.807, 2.05) is 24.3 Å². The number of fused-ring (bicyclic) bond motifs is 12. The normalized spacial score (nSPS) is 16.3. The molecule has 0 spiro atoms. The fraction of sp³-hybridized carbons (Fsp3) is 0.190. The van der Waals surface area contributed by atoms with Crippen molar-refractivity contribution in [1.29, 1.82) is 0 Å². The van der Waals surface area contributed by atoms with E-state index >= 15 is 0 Å². The second-order valence-electron chi connectivity index (χ2n) is 15.0. The van der Waals surface area contributed by atoms with Crippen LogP contribution in [0.15, 0.2) is 112 Å².